The van der Waals surface area contributed by atoms with Crippen LogP contribution in [0.4, 0.5) is 4.79 Å². The monoisotopic (exact) mass is 205 g/mol. The van der Waals surface area contributed by atoms with E-state index >= 15 is 0 Å². The number of hydrogen-bond donors (Lipinski definition) is 0. The fourth-order valence-corrected chi connectivity index (χ4v) is 0.832. The second-order valence-electron chi connectivity index (χ2n) is 3.33. The van der Waals surface area contributed by atoms with Gasteiger partial charge in [-0.2, -0.15) is 0 Å². The molecule has 1 aromatic rings. The zero-order valence-corrected chi connectivity index (χ0v) is 8.56. The van der Waals surface area contributed by atoms with Gasteiger partial charge in [0.1, 0.15) is 5.75 Å². The molecule has 0 N–H and O–H groups in total. The van der Waals surface area contributed by atoms with Crippen LogP contribution in [0.5, 0.6) is 5.75 Å². The number of benzene rings is 1. The molecule has 0 aliphatic rings. The molecule has 4 nitrogen and oxygen atoms in total. The Labute approximate surface area is 88.2 Å². The summed E-state index contributed by atoms with van der Waals surface area (Å²) >= 11 is 0. The highest BCUT2D eigenvalue weighted by molar-refractivity contribution is 5.64. The van der Waals surface area contributed by atoms with Crippen LogP contribution in [-0.4, -0.2) is 11.9 Å². The van der Waals surface area contributed by atoms with Crippen molar-refractivity contribution in [2.45, 2.75) is 19.6 Å². The van der Waals surface area contributed by atoms with Crippen LogP contribution in [0.15, 0.2) is 30.3 Å². The molecule has 0 aliphatic heterocycles. The molecule has 0 fully saturated rings. The van der Waals surface area contributed by atoms with E-state index in [-0.39, 0.29) is 0 Å². The Bertz CT molecular complexity index is 379. The summed E-state index contributed by atoms with van der Waals surface area (Å²) in [7, 11) is 0. The summed E-state index contributed by atoms with van der Waals surface area (Å²) in [5, 5.41) is 0. The van der Waals surface area contributed by atoms with E-state index < -0.39 is 11.9 Å². The Morgan fingerprint density at radius 2 is 1.93 bits per heavy atom. The topological polar surface area (TPSA) is 39.9 Å². The molecule has 0 amide bonds. The van der Waals surface area contributed by atoms with Crippen molar-refractivity contribution in [1.29, 1.82) is 0 Å². The first-order valence-electron chi connectivity index (χ1n) is 4.38. The second kappa shape index (κ2) is 4.47. The third-order valence-corrected chi connectivity index (χ3v) is 1.55. The van der Waals surface area contributed by atoms with Gasteiger partial charge >= 0.3 is 11.9 Å². The first-order chi connectivity index (χ1) is 7.03. The maximum Gasteiger partial charge on any atom is 0.519 e. The number of nitrogens with zero attached hydrogens (tertiary/aromatic N) is 1. The van der Waals surface area contributed by atoms with Gasteiger partial charge in [0.05, 0.1) is 13.8 Å². The van der Waals surface area contributed by atoms with Crippen molar-refractivity contribution in [1.82, 2.24) is 0 Å². The summed E-state index contributed by atoms with van der Waals surface area (Å²) < 4.78 is 9.62. The predicted molar refractivity (Wildman–Crippen MR) is 54.2 cm³/mol. The minimum Gasteiger partial charge on any atom is -0.395 e. The third-order valence-electron chi connectivity index (χ3n) is 1.55. The molecule has 1 rings (SSSR count). The minimum atomic E-state index is -1.19. The van der Waals surface area contributed by atoms with Crippen LogP contribution < -0.4 is 4.74 Å². The van der Waals surface area contributed by atoms with Crippen molar-refractivity contribution in [3.05, 3.63) is 41.7 Å². The third kappa shape index (κ3) is 3.69. The van der Waals surface area contributed by atoms with Crippen molar-refractivity contribution in [2.75, 3.05) is 0 Å². The SMILES string of the molecule is [C-]#[N+]C(C)(C)OC(=O)Oc1ccccc1. The van der Waals surface area contributed by atoms with Gasteiger partial charge in [0.2, 0.25) is 0 Å². The van der Waals surface area contributed by atoms with Gasteiger partial charge in [0, 0.05) is 0 Å². The molecule has 0 bridgehead atoms. The van der Waals surface area contributed by atoms with E-state index in [1.807, 2.05) is 0 Å². The Morgan fingerprint density at radius 3 is 2.47 bits per heavy atom. The average molecular weight is 205 g/mol. The van der Waals surface area contributed by atoms with E-state index in [9.17, 15) is 4.79 Å². The van der Waals surface area contributed by atoms with Gasteiger partial charge in [0.25, 0.3) is 0 Å². The lowest BCUT2D eigenvalue weighted by Gasteiger charge is -2.11. The quantitative estimate of drug-likeness (QED) is 0.423. The molecule has 0 atom stereocenters. The maximum absolute atomic E-state index is 11.2. The second-order valence-corrected chi connectivity index (χ2v) is 3.33. The van der Waals surface area contributed by atoms with Gasteiger partial charge in [-0.05, 0) is 12.1 Å². The average Bonchev–Trinajstić information content (AvgIpc) is 2.18. The molecule has 0 aliphatic carbocycles. The van der Waals surface area contributed by atoms with Crippen LogP contribution in [0.1, 0.15) is 13.8 Å². The van der Waals surface area contributed by atoms with Gasteiger partial charge < -0.3 is 9.47 Å². The summed E-state index contributed by atoms with van der Waals surface area (Å²) in [6, 6.07) is 8.55. The van der Waals surface area contributed by atoms with E-state index in [0.29, 0.717) is 5.75 Å². The molecule has 0 saturated heterocycles. The molecule has 15 heavy (non-hydrogen) atoms. The normalized spacial score (nSPS) is 10.2. The van der Waals surface area contributed by atoms with E-state index in [4.69, 9.17) is 16.0 Å². The van der Waals surface area contributed by atoms with Gasteiger partial charge in [-0.15, -0.1) is 0 Å². The molecule has 1 aromatic carbocycles. The lowest BCUT2D eigenvalue weighted by Crippen LogP contribution is -2.25. The fourth-order valence-electron chi connectivity index (χ4n) is 0.832. The Balaban J connectivity index is 2.55. The molecular weight excluding hydrogens is 194 g/mol. The van der Waals surface area contributed by atoms with Gasteiger partial charge in [0.15, 0.2) is 0 Å². The molecular formula is C11H11NO3. The first-order valence-corrected chi connectivity index (χ1v) is 4.38. The lowest BCUT2D eigenvalue weighted by molar-refractivity contribution is 0.0353. The number of rotatable bonds is 2. The maximum atomic E-state index is 11.2. The molecule has 0 aromatic heterocycles. The highest BCUT2D eigenvalue weighted by Gasteiger charge is 2.28. The molecule has 0 unspecified atom stereocenters. The number of hydrogen-bond acceptors (Lipinski definition) is 3. The van der Waals surface area contributed by atoms with Gasteiger partial charge in [-0.25, -0.2) is 11.4 Å². The molecule has 4 heteroatoms. The largest absolute Gasteiger partial charge is 0.519 e. The zero-order valence-electron chi connectivity index (χ0n) is 8.56. The number of carbonyl (C=O) groups is 1. The Morgan fingerprint density at radius 1 is 1.33 bits per heavy atom. The minimum absolute atomic E-state index is 0.392. The van der Waals surface area contributed by atoms with E-state index in [1.165, 1.54) is 13.8 Å². The zero-order chi connectivity index (χ0) is 11.3. The summed E-state index contributed by atoms with van der Waals surface area (Å²) in [5.74, 6) is 0.392. The van der Waals surface area contributed by atoms with Crippen molar-refractivity contribution >= 4 is 6.16 Å². The smallest absolute Gasteiger partial charge is 0.395 e. The summed E-state index contributed by atoms with van der Waals surface area (Å²) in [5.41, 5.74) is -1.19. The fraction of sp³-hybridized carbons (Fsp3) is 0.273. The van der Waals surface area contributed by atoms with Crippen LogP contribution in [-0.2, 0) is 4.74 Å². The molecule has 0 radical (unpaired) electrons. The first kappa shape index (κ1) is 11.1. The highest BCUT2D eigenvalue weighted by atomic mass is 16.7. The van der Waals surface area contributed by atoms with E-state index in [2.05, 4.69) is 4.85 Å². The molecule has 78 valence electrons. The number of carbonyl (C=O) groups excluding carboxylic acids is 1. The van der Waals surface area contributed by atoms with E-state index in [1.54, 1.807) is 30.3 Å². The van der Waals surface area contributed by atoms with Crippen LogP contribution in [0, 0.1) is 6.57 Å². The number of ether oxygens (including phenoxy) is 2. The van der Waals surface area contributed by atoms with E-state index in [0.717, 1.165) is 0 Å². The Hall–Kier alpha value is -2.02. The summed E-state index contributed by atoms with van der Waals surface area (Å²) in [6.07, 6.45) is -0.873. The van der Waals surface area contributed by atoms with Gasteiger partial charge in [-0.3, -0.25) is 4.85 Å². The standard InChI is InChI=1S/C11H11NO3/c1-11(2,12-3)15-10(13)14-9-7-5-4-6-8-9/h4-8H,1-2H3. The summed E-state index contributed by atoms with van der Waals surface area (Å²) in [6.45, 7) is 9.76. The Kier molecular flexibility index (Phi) is 3.29. The lowest BCUT2D eigenvalue weighted by atomic mass is 10.3. The van der Waals surface area contributed by atoms with Crippen molar-refractivity contribution in [3.8, 4) is 5.75 Å². The van der Waals surface area contributed by atoms with Crippen molar-refractivity contribution < 1.29 is 14.3 Å². The van der Waals surface area contributed by atoms with Crippen LogP contribution >= 0.6 is 0 Å². The summed E-state index contributed by atoms with van der Waals surface area (Å²) in [4.78, 5) is 14.3. The van der Waals surface area contributed by atoms with Crippen LogP contribution in [0.2, 0.25) is 0 Å². The number of para-hydroxylation sites is 1. The molecule has 0 heterocycles. The molecule has 0 saturated carbocycles. The van der Waals surface area contributed by atoms with Crippen LogP contribution in [0.3, 0.4) is 0 Å². The predicted octanol–water partition coefficient (Wildman–Crippen LogP) is 2.86. The van der Waals surface area contributed by atoms with Crippen molar-refractivity contribution in [2.24, 2.45) is 0 Å². The highest BCUT2D eigenvalue weighted by Crippen LogP contribution is 2.14. The van der Waals surface area contributed by atoms with Crippen molar-refractivity contribution in [3.63, 3.8) is 0 Å². The molecule has 0 spiro atoms. The van der Waals surface area contributed by atoms with Gasteiger partial charge in [-0.1, -0.05) is 18.2 Å². The van der Waals surface area contributed by atoms with Crippen LogP contribution in [0.25, 0.3) is 4.85 Å².